The molecular weight excluding hydrogens is 183 g/mol. The van der Waals surface area contributed by atoms with E-state index in [0.29, 0.717) is 3.92 Å². The summed E-state index contributed by atoms with van der Waals surface area (Å²) in [5, 5.41) is 5.89. The van der Waals surface area contributed by atoms with Gasteiger partial charge in [-0.15, -0.1) is 10.2 Å². The Kier molecular flexibility index (Phi) is 1.34. The van der Waals surface area contributed by atoms with E-state index in [2.05, 4.69) is 26.1 Å². The van der Waals surface area contributed by atoms with Crippen molar-refractivity contribution in [1.82, 2.24) is 10.2 Å². The Morgan fingerprint density at radius 1 is 1.57 bits per heavy atom. The monoisotopic (exact) mass is 182 g/mol. The summed E-state index contributed by atoms with van der Waals surface area (Å²) < 4.78 is 12.2. The summed E-state index contributed by atoms with van der Waals surface area (Å²) in [7, 11) is 0. The van der Waals surface area contributed by atoms with Crippen molar-refractivity contribution in [3.8, 4) is 0 Å². The molecule has 0 saturated heterocycles. The molecule has 1 aromatic rings. The van der Waals surface area contributed by atoms with Crippen LogP contribution in [0.4, 0.5) is 4.39 Å². The van der Waals surface area contributed by atoms with Crippen LogP contribution in [-0.4, -0.2) is 10.2 Å². The van der Waals surface area contributed by atoms with E-state index in [9.17, 15) is 4.39 Å². The lowest BCUT2D eigenvalue weighted by molar-refractivity contribution is 0.600. The standard InChI is InChI=1S/C2BrFN2S/c3-1-5-6-2(4)7-1. The van der Waals surface area contributed by atoms with E-state index in [0.717, 1.165) is 11.3 Å². The van der Waals surface area contributed by atoms with Gasteiger partial charge >= 0.3 is 0 Å². The molecule has 0 unspecified atom stereocenters. The van der Waals surface area contributed by atoms with Crippen molar-refractivity contribution in [1.29, 1.82) is 0 Å². The Bertz CT molecular complexity index is 148. The Hall–Kier alpha value is -0.0300. The van der Waals surface area contributed by atoms with Crippen LogP contribution in [-0.2, 0) is 0 Å². The van der Waals surface area contributed by atoms with Gasteiger partial charge < -0.3 is 0 Å². The first kappa shape index (κ1) is 5.11. The van der Waals surface area contributed by atoms with Gasteiger partial charge in [0.05, 0.1) is 0 Å². The number of hydrogen-bond donors (Lipinski definition) is 0. The van der Waals surface area contributed by atoms with Crippen LogP contribution in [0.15, 0.2) is 3.92 Å². The van der Waals surface area contributed by atoms with Gasteiger partial charge in [-0.1, -0.05) is 11.3 Å². The molecule has 0 aliphatic carbocycles. The highest BCUT2D eigenvalue weighted by Crippen LogP contribution is 2.12. The van der Waals surface area contributed by atoms with E-state index >= 15 is 0 Å². The zero-order valence-electron chi connectivity index (χ0n) is 3.06. The molecule has 0 atom stereocenters. The first-order valence-corrected chi connectivity index (χ1v) is 3.04. The second kappa shape index (κ2) is 1.83. The molecule has 5 heteroatoms. The molecule has 0 bridgehead atoms. The average molecular weight is 183 g/mol. The highest BCUT2D eigenvalue weighted by Gasteiger charge is 1.94. The van der Waals surface area contributed by atoms with Crippen LogP contribution in [0.25, 0.3) is 0 Å². The summed E-state index contributed by atoms with van der Waals surface area (Å²) in [6.45, 7) is 0. The van der Waals surface area contributed by atoms with Crippen LogP contribution in [0.3, 0.4) is 0 Å². The zero-order chi connectivity index (χ0) is 5.28. The summed E-state index contributed by atoms with van der Waals surface area (Å²) >= 11 is 3.81. The topological polar surface area (TPSA) is 25.8 Å². The highest BCUT2D eigenvalue weighted by atomic mass is 79.9. The molecule has 0 fully saturated rings. The number of aromatic nitrogens is 2. The third kappa shape index (κ3) is 1.17. The quantitative estimate of drug-likeness (QED) is 0.608. The molecule has 0 aliphatic rings. The molecule has 0 amide bonds. The van der Waals surface area contributed by atoms with E-state index in [1.165, 1.54) is 0 Å². The Morgan fingerprint density at radius 2 is 2.29 bits per heavy atom. The molecule has 0 saturated carbocycles. The third-order valence-corrected chi connectivity index (χ3v) is 1.52. The number of halogens is 2. The maximum atomic E-state index is 11.7. The molecule has 0 spiro atoms. The van der Waals surface area contributed by atoms with Crippen molar-refractivity contribution in [2.45, 2.75) is 0 Å². The van der Waals surface area contributed by atoms with Crippen molar-refractivity contribution < 1.29 is 4.39 Å². The first-order valence-electron chi connectivity index (χ1n) is 1.43. The Balaban J connectivity index is 3.04. The van der Waals surface area contributed by atoms with Gasteiger partial charge in [-0.2, -0.15) is 4.39 Å². The van der Waals surface area contributed by atoms with Crippen LogP contribution < -0.4 is 0 Å². The van der Waals surface area contributed by atoms with Crippen LogP contribution in [0.1, 0.15) is 0 Å². The smallest absolute Gasteiger partial charge is 0.171 e. The van der Waals surface area contributed by atoms with Gasteiger partial charge in [0.1, 0.15) is 0 Å². The minimum absolute atomic E-state index is 0.477. The molecule has 1 heterocycles. The predicted octanol–water partition coefficient (Wildman–Crippen LogP) is 1.44. The highest BCUT2D eigenvalue weighted by molar-refractivity contribution is 9.11. The summed E-state index contributed by atoms with van der Waals surface area (Å²) in [5.41, 5.74) is 0. The maximum absolute atomic E-state index is 11.7. The zero-order valence-corrected chi connectivity index (χ0v) is 5.46. The van der Waals surface area contributed by atoms with Crippen molar-refractivity contribution in [3.63, 3.8) is 0 Å². The lowest BCUT2D eigenvalue weighted by atomic mass is 11.5. The maximum Gasteiger partial charge on any atom is 0.290 e. The lowest BCUT2D eigenvalue weighted by Gasteiger charge is -1.59. The van der Waals surface area contributed by atoms with Crippen LogP contribution >= 0.6 is 27.3 Å². The minimum atomic E-state index is -0.508. The van der Waals surface area contributed by atoms with E-state index in [1.54, 1.807) is 0 Å². The molecule has 1 rings (SSSR count). The largest absolute Gasteiger partial charge is 0.290 e. The van der Waals surface area contributed by atoms with E-state index < -0.39 is 5.26 Å². The van der Waals surface area contributed by atoms with Gasteiger partial charge in [-0.3, -0.25) is 0 Å². The first-order chi connectivity index (χ1) is 3.29. The van der Waals surface area contributed by atoms with E-state index in [-0.39, 0.29) is 0 Å². The van der Waals surface area contributed by atoms with Crippen molar-refractivity contribution in [2.75, 3.05) is 0 Å². The van der Waals surface area contributed by atoms with Gasteiger partial charge in [0.2, 0.25) is 0 Å². The average Bonchev–Trinajstić information content (AvgIpc) is 1.87. The molecule has 0 radical (unpaired) electrons. The van der Waals surface area contributed by atoms with Crippen molar-refractivity contribution >= 4 is 27.3 Å². The lowest BCUT2D eigenvalue weighted by Crippen LogP contribution is -1.66. The molecular formula is C2BrFN2S. The normalized spacial score (nSPS) is 9.43. The van der Waals surface area contributed by atoms with Gasteiger partial charge in [0.25, 0.3) is 5.26 Å². The van der Waals surface area contributed by atoms with Crippen molar-refractivity contribution in [2.24, 2.45) is 0 Å². The van der Waals surface area contributed by atoms with Crippen molar-refractivity contribution in [3.05, 3.63) is 9.18 Å². The summed E-state index contributed by atoms with van der Waals surface area (Å²) in [6, 6.07) is 0. The molecule has 0 N–H and O–H groups in total. The fourth-order valence-electron chi connectivity index (χ4n) is 0.189. The van der Waals surface area contributed by atoms with Gasteiger partial charge in [-0.25, -0.2) is 0 Å². The molecule has 0 aromatic carbocycles. The van der Waals surface area contributed by atoms with E-state index in [4.69, 9.17) is 0 Å². The van der Waals surface area contributed by atoms with Gasteiger partial charge in [0, 0.05) is 0 Å². The Labute approximate surface area is 51.5 Å². The molecule has 7 heavy (non-hydrogen) atoms. The third-order valence-electron chi connectivity index (χ3n) is 0.376. The second-order valence-electron chi connectivity index (χ2n) is 0.808. The molecule has 0 aliphatic heterocycles. The van der Waals surface area contributed by atoms with Gasteiger partial charge in [0.15, 0.2) is 3.92 Å². The van der Waals surface area contributed by atoms with Crippen LogP contribution in [0.5, 0.6) is 0 Å². The molecule has 1 aromatic heterocycles. The fourth-order valence-corrected chi connectivity index (χ4v) is 0.971. The predicted molar refractivity (Wildman–Crippen MR) is 27.6 cm³/mol. The Morgan fingerprint density at radius 3 is 2.43 bits per heavy atom. The summed E-state index contributed by atoms with van der Waals surface area (Å²) in [6.07, 6.45) is 0. The van der Waals surface area contributed by atoms with Gasteiger partial charge in [-0.05, 0) is 15.9 Å². The van der Waals surface area contributed by atoms with E-state index in [1.807, 2.05) is 0 Å². The summed E-state index contributed by atoms with van der Waals surface area (Å²) in [5.74, 6) is 0. The minimum Gasteiger partial charge on any atom is -0.171 e. The number of hydrogen-bond acceptors (Lipinski definition) is 3. The van der Waals surface area contributed by atoms with Crippen LogP contribution in [0, 0.1) is 5.26 Å². The number of nitrogens with zero attached hydrogens (tertiary/aromatic N) is 2. The molecule has 2 nitrogen and oxygen atoms in total. The number of rotatable bonds is 0. The second-order valence-corrected chi connectivity index (χ2v) is 3.01. The summed E-state index contributed by atoms with van der Waals surface area (Å²) in [4.78, 5) is 0. The van der Waals surface area contributed by atoms with Crippen LogP contribution in [0.2, 0.25) is 0 Å². The SMILES string of the molecule is Fc1nnc(Br)s1. The fraction of sp³-hybridized carbons (Fsp3) is 0. The molecule has 38 valence electrons.